The average molecular weight is 417 g/mol. The summed E-state index contributed by atoms with van der Waals surface area (Å²) in [5.41, 5.74) is 6.05. The largest absolute Gasteiger partial charge is 0.379 e. The molecule has 0 bridgehead atoms. The monoisotopic (exact) mass is 416 g/mol. The number of fused-ring (bicyclic) bond motifs is 1. The third-order valence-corrected chi connectivity index (χ3v) is 6.16. The van der Waals surface area contributed by atoms with E-state index in [1.54, 1.807) is 0 Å². The number of hydrogen-bond acceptors (Lipinski definition) is 6. The first-order valence-electron chi connectivity index (χ1n) is 10.8. The highest BCUT2D eigenvalue weighted by Crippen LogP contribution is 2.29. The summed E-state index contributed by atoms with van der Waals surface area (Å²) in [6, 6.07) is 13.0. The number of likely N-dealkylation sites (tertiary alicyclic amines) is 1. The molecule has 160 valence electrons. The fourth-order valence-corrected chi connectivity index (χ4v) is 4.27. The van der Waals surface area contributed by atoms with Crippen LogP contribution in [0.15, 0.2) is 42.6 Å². The Balaban J connectivity index is 1.54. The summed E-state index contributed by atoms with van der Waals surface area (Å²) in [6.45, 7) is 4.13. The summed E-state index contributed by atoms with van der Waals surface area (Å²) in [4.78, 5) is 2.37. The van der Waals surface area contributed by atoms with Crippen molar-refractivity contribution in [1.29, 1.82) is 0 Å². The van der Waals surface area contributed by atoms with E-state index in [-0.39, 0.29) is 0 Å². The van der Waals surface area contributed by atoms with Gasteiger partial charge < -0.3 is 10.2 Å². The van der Waals surface area contributed by atoms with Crippen LogP contribution in [0.2, 0.25) is 0 Å². The summed E-state index contributed by atoms with van der Waals surface area (Å²) in [7, 11) is 4.17. The number of nitrogens with one attached hydrogen (secondary N) is 1. The Morgan fingerprint density at radius 2 is 1.84 bits per heavy atom. The molecule has 1 aliphatic rings. The van der Waals surface area contributed by atoms with E-state index in [2.05, 4.69) is 62.9 Å². The van der Waals surface area contributed by atoms with Gasteiger partial charge >= 0.3 is 0 Å². The Morgan fingerprint density at radius 3 is 2.61 bits per heavy atom. The van der Waals surface area contributed by atoms with Crippen molar-refractivity contribution in [2.45, 2.75) is 32.2 Å². The van der Waals surface area contributed by atoms with Crippen LogP contribution < -0.4 is 5.32 Å². The van der Waals surface area contributed by atoms with Gasteiger partial charge in [-0.25, -0.2) is 0 Å². The number of rotatable bonds is 5. The molecule has 1 fully saturated rings. The molecular formula is C23H28N8. The number of aryl methyl sites for hydroxylation is 2. The molecule has 8 heteroatoms. The fourth-order valence-electron chi connectivity index (χ4n) is 4.27. The molecule has 8 nitrogen and oxygen atoms in total. The molecule has 1 aliphatic heterocycles. The van der Waals surface area contributed by atoms with E-state index in [1.807, 2.05) is 35.4 Å². The second kappa shape index (κ2) is 8.11. The quantitative estimate of drug-likeness (QED) is 0.539. The van der Waals surface area contributed by atoms with Gasteiger partial charge in [0.2, 0.25) is 5.65 Å². The van der Waals surface area contributed by atoms with Crippen molar-refractivity contribution in [3.8, 4) is 11.3 Å². The van der Waals surface area contributed by atoms with E-state index in [0.717, 1.165) is 66.5 Å². The number of nitrogens with zero attached hydrogens (tertiary/aromatic N) is 7. The molecule has 0 radical (unpaired) electrons. The van der Waals surface area contributed by atoms with Crippen molar-refractivity contribution < 1.29 is 0 Å². The molecule has 0 spiro atoms. The molecule has 4 aromatic rings. The molecule has 3 aromatic heterocycles. The van der Waals surface area contributed by atoms with E-state index in [9.17, 15) is 0 Å². The molecule has 5 rings (SSSR count). The Morgan fingerprint density at radius 1 is 1.06 bits per heavy atom. The van der Waals surface area contributed by atoms with Crippen LogP contribution in [-0.2, 0) is 13.5 Å². The van der Waals surface area contributed by atoms with E-state index >= 15 is 0 Å². The first-order chi connectivity index (χ1) is 15.1. The zero-order valence-corrected chi connectivity index (χ0v) is 18.3. The average Bonchev–Trinajstić information content (AvgIpc) is 3.33. The summed E-state index contributed by atoms with van der Waals surface area (Å²) in [5.74, 6) is 0.775. The van der Waals surface area contributed by atoms with Crippen molar-refractivity contribution >= 4 is 11.3 Å². The van der Waals surface area contributed by atoms with Gasteiger partial charge in [0, 0.05) is 25.1 Å². The van der Waals surface area contributed by atoms with Crippen molar-refractivity contribution in [2.24, 2.45) is 7.05 Å². The van der Waals surface area contributed by atoms with E-state index in [4.69, 9.17) is 5.10 Å². The van der Waals surface area contributed by atoms with Crippen molar-refractivity contribution in [3.05, 3.63) is 59.7 Å². The van der Waals surface area contributed by atoms with Gasteiger partial charge in [-0.05, 0) is 51.5 Å². The molecule has 0 unspecified atom stereocenters. The third-order valence-electron chi connectivity index (χ3n) is 6.16. The van der Waals surface area contributed by atoms with E-state index in [0.29, 0.717) is 6.04 Å². The summed E-state index contributed by atoms with van der Waals surface area (Å²) >= 11 is 0. The SMILES string of the molecule is Cc1nnc2c(NC3CCN(C)CC3)cc(-c3cnn(C)c3Cc3ccccc3)nn12. The summed E-state index contributed by atoms with van der Waals surface area (Å²) in [6.07, 6.45) is 4.93. The van der Waals surface area contributed by atoms with Crippen LogP contribution >= 0.6 is 0 Å². The van der Waals surface area contributed by atoms with Gasteiger partial charge in [-0.1, -0.05) is 30.3 Å². The van der Waals surface area contributed by atoms with Crippen LogP contribution in [0, 0.1) is 6.92 Å². The number of aromatic nitrogens is 6. The topological polar surface area (TPSA) is 76.2 Å². The smallest absolute Gasteiger partial charge is 0.200 e. The minimum absolute atomic E-state index is 0.421. The fraction of sp³-hybridized carbons (Fsp3) is 0.391. The second-order valence-corrected chi connectivity index (χ2v) is 8.44. The lowest BCUT2D eigenvalue weighted by molar-refractivity contribution is 0.264. The van der Waals surface area contributed by atoms with E-state index in [1.165, 1.54) is 5.56 Å². The molecule has 0 saturated carbocycles. The Hall–Kier alpha value is -3.26. The lowest BCUT2D eigenvalue weighted by Crippen LogP contribution is -2.36. The van der Waals surface area contributed by atoms with Gasteiger partial charge in [0.1, 0.15) is 0 Å². The van der Waals surface area contributed by atoms with Crippen LogP contribution in [0.3, 0.4) is 0 Å². The predicted octanol–water partition coefficient (Wildman–Crippen LogP) is 2.93. The molecule has 4 heterocycles. The second-order valence-electron chi connectivity index (χ2n) is 8.44. The minimum Gasteiger partial charge on any atom is -0.379 e. The zero-order chi connectivity index (χ0) is 21.4. The number of piperidine rings is 1. The summed E-state index contributed by atoms with van der Waals surface area (Å²) in [5, 5.41) is 21.8. The Kier molecular flexibility index (Phi) is 5.15. The van der Waals surface area contributed by atoms with Gasteiger partial charge in [-0.3, -0.25) is 4.68 Å². The highest BCUT2D eigenvalue weighted by atomic mass is 15.4. The van der Waals surface area contributed by atoms with Gasteiger partial charge in [-0.15, -0.1) is 10.2 Å². The number of anilines is 1. The molecule has 0 atom stereocenters. The normalized spacial score (nSPS) is 15.6. The van der Waals surface area contributed by atoms with Crippen molar-refractivity contribution in [1.82, 2.24) is 34.5 Å². The zero-order valence-electron chi connectivity index (χ0n) is 18.3. The summed E-state index contributed by atoms with van der Waals surface area (Å²) < 4.78 is 3.78. The van der Waals surface area contributed by atoms with Gasteiger partial charge in [0.05, 0.1) is 23.3 Å². The number of hydrogen-bond donors (Lipinski definition) is 1. The van der Waals surface area contributed by atoms with Crippen LogP contribution in [-0.4, -0.2) is 60.7 Å². The van der Waals surface area contributed by atoms with Crippen molar-refractivity contribution in [3.63, 3.8) is 0 Å². The molecule has 0 aliphatic carbocycles. The lowest BCUT2D eigenvalue weighted by atomic mass is 10.0. The van der Waals surface area contributed by atoms with Gasteiger partial charge in [-0.2, -0.15) is 14.7 Å². The molecule has 0 amide bonds. The third kappa shape index (κ3) is 3.90. The Bertz CT molecular complexity index is 1190. The maximum absolute atomic E-state index is 4.88. The van der Waals surface area contributed by atoms with E-state index < -0.39 is 0 Å². The maximum Gasteiger partial charge on any atom is 0.200 e. The first-order valence-corrected chi connectivity index (χ1v) is 10.8. The minimum atomic E-state index is 0.421. The number of benzene rings is 1. The Labute approximate surface area is 181 Å². The molecule has 1 N–H and O–H groups in total. The van der Waals surface area contributed by atoms with Crippen LogP contribution in [0.4, 0.5) is 5.69 Å². The predicted molar refractivity (Wildman–Crippen MR) is 121 cm³/mol. The molecule has 1 saturated heterocycles. The van der Waals surface area contributed by atoms with Crippen molar-refractivity contribution in [2.75, 3.05) is 25.5 Å². The lowest BCUT2D eigenvalue weighted by Gasteiger charge is -2.30. The van der Waals surface area contributed by atoms with Crippen LogP contribution in [0.1, 0.15) is 29.9 Å². The standard InChI is InChI=1S/C23H28N8/c1-16-26-27-23-21(25-18-9-11-29(2)12-10-18)14-20(28-31(16)23)19-15-24-30(3)22(19)13-17-7-5-4-6-8-17/h4-8,14-15,18,25H,9-13H2,1-3H3. The van der Waals surface area contributed by atoms with Crippen LogP contribution in [0.5, 0.6) is 0 Å². The molecular weight excluding hydrogens is 388 g/mol. The van der Waals surface area contributed by atoms with Gasteiger partial charge in [0.15, 0.2) is 5.82 Å². The molecule has 31 heavy (non-hydrogen) atoms. The van der Waals surface area contributed by atoms with Crippen LogP contribution in [0.25, 0.3) is 16.9 Å². The highest BCUT2D eigenvalue weighted by Gasteiger charge is 2.21. The first kappa shape index (κ1) is 19.7. The molecule has 1 aromatic carbocycles. The maximum atomic E-state index is 4.88. The highest BCUT2D eigenvalue weighted by molar-refractivity contribution is 5.74. The van der Waals surface area contributed by atoms with Gasteiger partial charge in [0.25, 0.3) is 0 Å².